The monoisotopic (exact) mass is 277 g/mol. The molecule has 0 bridgehead atoms. The van der Waals surface area contributed by atoms with E-state index in [9.17, 15) is 8.42 Å². The fraction of sp³-hybridized carbons (Fsp3) is 0.556. The third-order valence-corrected chi connectivity index (χ3v) is 5.08. The van der Waals surface area contributed by atoms with Crippen LogP contribution >= 0.6 is 12.2 Å². The fourth-order valence-corrected chi connectivity index (χ4v) is 3.23. The molecular weight excluding hydrogens is 262 g/mol. The number of nitrogens with zero attached hydrogens (tertiary/aromatic N) is 2. The van der Waals surface area contributed by atoms with E-state index < -0.39 is 16.1 Å². The molecule has 0 aliphatic carbocycles. The van der Waals surface area contributed by atoms with E-state index >= 15 is 0 Å². The summed E-state index contributed by atoms with van der Waals surface area (Å²) in [6.45, 7) is 4.74. The van der Waals surface area contributed by atoms with Gasteiger partial charge in [-0.25, -0.2) is 8.42 Å². The lowest BCUT2D eigenvalue weighted by atomic mass is 10.3. The average Bonchev–Trinajstić information content (AvgIpc) is 2.56. The third-order valence-electron chi connectivity index (χ3n) is 2.56. The second-order valence-corrected chi connectivity index (χ2v) is 6.16. The summed E-state index contributed by atoms with van der Waals surface area (Å²) in [7, 11) is -2.27. The molecule has 96 valence electrons. The number of hydrogen-bond donors (Lipinski definition) is 1. The number of rotatable bonds is 4. The van der Waals surface area contributed by atoms with Crippen LogP contribution in [0.5, 0.6) is 0 Å². The molecule has 0 saturated heterocycles. The Morgan fingerprint density at radius 3 is 2.41 bits per heavy atom. The van der Waals surface area contributed by atoms with E-state index in [1.54, 1.807) is 20.8 Å². The number of thiocarbonyl (C=S) groups is 1. The molecule has 0 aromatic carbocycles. The number of likely N-dealkylation sites (N-methyl/N-ethyl adjacent to an activating group) is 1. The van der Waals surface area contributed by atoms with E-state index in [0.29, 0.717) is 5.69 Å². The SMILES string of the molecule is Cc1noc(C)c1S(=O)(=O)N(C)C(C)C(N)=S. The van der Waals surface area contributed by atoms with Crippen LogP contribution < -0.4 is 5.73 Å². The van der Waals surface area contributed by atoms with Gasteiger partial charge in [0.25, 0.3) is 0 Å². The van der Waals surface area contributed by atoms with Gasteiger partial charge in [-0.3, -0.25) is 0 Å². The zero-order valence-corrected chi connectivity index (χ0v) is 11.7. The first-order chi connectivity index (χ1) is 7.69. The van der Waals surface area contributed by atoms with E-state index in [0.717, 1.165) is 4.31 Å². The van der Waals surface area contributed by atoms with Gasteiger partial charge < -0.3 is 10.3 Å². The molecule has 1 unspecified atom stereocenters. The molecule has 6 nitrogen and oxygen atoms in total. The van der Waals surface area contributed by atoms with E-state index in [1.807, 2.05) is 0 Å². The third kappa shape index (κ3) is 2.48. The van der Waals surface area contributed by atoms with E-state index in [4.69, 9.17) is 22.5 Å². The van der Waals surface area contributed by atoms with E-state index in [2.05, 4.69) is 5.16 Å². The van der Waals surface area contributed by atoms with Gasteiger partial charge in [-0.1, -0.05) is 17.4 Å². The highest BCUT2D eigenvalue weighted by Gasteiger charge is 2.32. The molecule has 1 atom stereocenters. The molecule has 0 amide bonds. The molecule has 2 N–H and O–H groups in total. The zero-order chi connectivity index (χ0) is 13.4. The number of aromatic nitrogens is 1. The van der Waals surface area contributed by atoms with Gasteiger partial charge in [0.05, 0.1) is 11.0 Å². The molecule has 1 heterocycles. The molecule has 1 aromatic rings. The van der Waals surface area contributed by atoms with Crippen molar-refractivity contribution in [1.29, 1.82) is 0 Å². The van der Waals surface area contributed by atoms with Crippen molar-refractivity contribution in [1.82, 2.24) is 9.46 Å². The van der Waals surface area contributed by atoms with Gasteiger partial charge >= 0.3 is 0 Å². The van der Waals surface area contributed by atoms with Crippen LogP contribution in [0.3, 0.4) is 0 Å². The maximum Gasteiger partial charge on any atom is 0.248 e. The van der Waals surface area contributed by atoms with Crippen molar-refractivity contribution < 1.29 is 12.9 Å². The standard InChI is InChI=1S/C9H15N3O3S2/c1-5-8(7(3)15-11-5)17(13,14)12(4)6(2)9(10)16/h6H,1-4H3,(H2,10,16). The van der Waals surface area contributed by atoms with E-state index in [-0.39, 0.29) is 15.6 Å². The van der Waals surface area contributed by atoms with Gasteiger partial charge in [0.1, 0.15) is 10.6 Å². The Kier molecular flexibility index (Phi) is 3.90. The Bertz CT molecular complexity index is 516. The largest absolute Gasteiger partial charge is 0.392 e. The summed E-state index contributed by atoms with van der Waals surface area (Å²) in [4.78, 5) is 0.186. The van der Waals surface area contributed by atoms with Gasteiger partial charge in [-0.05, 0) is 20.8 Å². The molecule has 0 aliphatic rings. The summed E-state index contributed by atoms with van der Waals surface area (Å²) in [6, 6.07) is -0.566. The number of aryl methyl sites for hydroxylation is 2. The van der Waals surface area contributed by atoms with Crippen LogP contribution in [0.2, 0.25) is 0 Å². The van der Waals surface area contributed by atoms with E-state index in [1.165, 1.54) is 7.05 Å². The van der Waals surface area contributed by atoms with Crippen LogP contribution in [-0.4, -0.2) is 36.0 Å². The van der Waals surface area contributed by atoms with Crippen molar-refractivity contribution >= 4 is 27.2 Å². The molecular formula is C9H15N3O3S2. The van der Waals surface area contributed by atoms with Crippen LogP contribution in [0.15, 0.2) is 9.42 Å². The molecule has 8 heteroatoms. The molecule has 1 aromatic heterocycles. The second kappa shape index (κ2) is 4.71. The highest BCUT2D eigenvalue weighted by atomic mass is 32.2. The van der Waals surface area contributed by atoms with Crippen molar-refractivity contribution in [2.24, 2.45) is 5.73 Å². The molecule has 0 fully saturated rings. The van der Waals surface area contributed by atoms with Gasteiger partial charge in [0.2, 0.25) is 10.0 Å². The number of hydrogen-bond acceptors (Lipinski definition) is 5. The molecule has 17 heavy (non-hydrogen) atoms. The fourth-order valence-electron chi connectivity index (χ4n) is 1.37. The lowest BCUT2D eigenvalue weighted by molar-refractivity contribution is 0.389. The molecule has 0 saturated carbocycles. The van der Waals surface area contributed by atoms with Crippen LogP contribution in [0.25, 0.3) is 0 Å². The summed E-state index contributed by atoms with van der Waals surface area (Å²) in [5.74, 6) is 0.254. The first-order valence-electron chi connectivity index (χ1n) is 4.89. The lowest BCUT2D eigenvalue weighted by Crippen LogP contribution is -2.42. The highest BCUT2D eigenvalue weighted by Crippen LogP contribution is 2.23. The summed E-state index contributed by atoms with van der Waals surface area (Å²) >= 11 is 4.79. The molecule has 0 spiro atoms. The number of nitrogens with two attached hydrogens (primary N) is 1. The minimum atomic E-state index is -3.69. The Labute approximate surface area is 106 Å². The van der Waals surface area contributed by atoms with Gasteiger partial charge in [-0.2, -0.15) is 4.31 Å². The van der Waals surface area contributed by atoms with Crippen molar-refractivity contribution in [3.63, 3.8) is 0 Å². The Morgan fingerprint density at radius 2 is 2.06 bits per heavy atom. The summed E-state index contributed by atoms with van der Waals surface area (Å²) in [6.07, 6.45) is 0. The first kappa shape index (κ1) is 14.1. The smallest absolute Gasteiger partial charge is 0.248 e. The van der Waals surface area contributed by atoms with Crippen LogP contribution in [0.1, 0.15) is 18.4 Å². The maximum absolute atomic E-state index is 12.3. The van der Waals surface area contributed by atoms with Gasteiger partial charge in [0, 0.05) is 7.05 Å². The quantitative estimate of drug-likeness (QED) is 0.810. The number of sulfonamides is 1. The van der Waals surface area contributed by atoms with Crippen LogP contribution in [0, 0.1) is 13.8 Å². The summed E-state index contributed by atoms with van der Waals surface area (Å²) in [5, 5.41) is 3.62. The molecule has 0 radical (unpaired) electrons. The van der Waals surface area contributed by atoms with Crippen molar-refractivity contribution in [2.75, 3.05) is 7.05 Å². The first-order valence-corrected chi connectivity index (χ1v) is 6.74. The van der Waals surface area contributed by atoms with Crippen molar-refractivity contribution in [3.8, 4) is 0 Å². The molecule has 0 aliphatic heterocycles. The van der Waals surface area contributed by atoms with Gasteiger partial charge in [-0.15, -0.1) is 0 Å². The minimum Gasteiger partial charge on any atom is -0.392 e. The zero-order valence-electron chi connectivity index (χ0n) is 10.1. The Balaban J connectivity index is 3.26. The normalized spacial score (nSPS) is 13.9. The highest BCUT2D eigenvalue weighted by molar-refractivity contribution is 7.89. The maximum atomic E-state index is 12.3. The average molecular weight is 277 g/mol. The summed E-state index contributed by atoms with van der Waals surface area (Å²) in [5.41, 5.74) is 5.77. The van der Waals surface area contributed by atoms with Crippen LogP contribution in [0.4, 0.5) is 0 Å². The predicted molar refractivity (Wildman–Crippen MR) is 67.2 cm³/mol. The molecule has 1 rings (SSSR count). The Hall–Kier alpha value is -0.990. The minimum absolute atomic E-state index is 0.0723. The second-order valence-electron chi connectivity index (χ2n) is 3.75. The topological polar surface area (TPSA) is 89.4 Å². The lowest BCUT2D eigenvalue weighted by Gasteiger charge is -2.22. The van der Waals surface area contributed by atoms with Gasteiger partial charge in [0.15, 0.2) is 5.76 Å². The van der Waals surface area contributed by atoms with Crippen molar-refractivity contribution in [2.45, 2.75) is 31.7 Å². The Morgan fingerprint density at radius 1 is 1.53 bits per heavy atom. The predicted octanol–water partition coefficient (Wildman–Crippen LogP) is 0.587. The van der Waals surface area contributed by atoms with Crippen molar-refractivity contribution in [3.05, 3.63) is 11.5 Å². The van der Waals surface area contributed by atoms with Crippen LogP contribution in [-0.2, 0) is 10.0 Å². The summed E-state index contributed by atoms with van der Waals surface area (Å²) < 4.78 is 30.5.